The summed E-state index contributed by atoms with van der Waals surface area (Å²) in [4.78, 5) is 43.7. The third-order valence-electron chi connectivity index (χ3n) is 15.6. The number of aromatic amines is 5. The van der Waals surface area contributed by atoms with Crippen LogP contribution in [0.3, 0.4) is 0 Å². The first-order valence-corrected chi connectivity index (χ1v) is 30.6. The van der Waals surface area contributed by atoms with E-state index in [0.29, 0.717) is 24.0 Å². The van der Waals surface area contributed by atoms with Crippen LogP contribution >= 0.6 is 0 Å². The summed E-state index contributed by atoms with van der Waals surface area (Å²) >= 11 is 0. The number of anilines is 5. The van der Waals surface area contributed by atoms with Crippen LogP contribution in [0.5, 0.6) is 5.75 Å². The van der Waals surface area contributed by atoms with Gasteiger partial charge < -0.3 is 45.2 Å². The van der Waals surface area contributed by atoms with E-state index < -0.39 is 23.4 Å². The van der Waals surface area contributed by atoms with Crippen molar-refractivity contribution in [1.29, 1.82) is 0 Å². The van der Waals surface area contributed by atoms with Crippen LogP contribution in [0.25, 0.3) is 55.2 Å². The predicted octanol–water partition coefficient (Wildman–Crippen LogP) is 17.8. The van der Waals surface area contributed by atoms with Gasteiger partial charge >= 0.3 is 6.18 Å². The van der Waals surface area contributed by atoms with E-state index in [4.69, 9.17) is 4.74 Å². The lowest BCUT2D eigenvalue weighted by Crippen LogP contribution is -2.29. The summed E-state index contributed by atoms with van der Waals surface area (Å²) in [7, 11) is 1.65. The second-order valence-corrected chi connectivity index (χ2v) is 22.4. The first-order valence-electron chi connectivity index (χ1n) is 30.6. The lowest BCUT2D eigenvalue weighted by Gasteiger charge is -2.28. The Morgan fingerprint density at radius 2 is 0.968 bits per heavy atom. The zero-order valence-corrected chi connectivity index (χ0v) is 51.1. The van der Waals surface area contributed by atoms with Crippen molar-refractivity contribution in [3.63, 3.8) is 0 Å². The third kappa shape index (κ3) is 16.6. The van der Waals surface area contributed by atoms with Crippen molar-refractivity contribution in [2.24, 2.45) is 0 Å². The number of hydrogen-bond donors (Lipinski definition) is 7. The van der Waals surface area contributed by atoms with E-state index in [0.717, 1.165) is 108 Å². The fraction of sp³-hybridized carbons (Fsp3) is 0.135. The number of methoxy groups -OCH3 is 1. The number of hydrogen-bond acceptors (Lipinski definition) is 10. The molecule has 1 fully saturated rings. The highest BCUT2D eigenvalue weighted by atomic mass is 19.4. The number of pyridine rings is 6. The highest BCUT2D eigenvalue weighted by Gasteiger charge is 2.30. The Balaban J connectivity index is 0.000000113. The number of nitrogens with one attached hydrogen (secondary N) is 7. The average Bonchev–Trinajstić information content (AvgIpc) is 2.20. The summed E-state index contributed by atoms with van der Waals surface area (Å²) in [5.41, 5.74) is 12.5. The van der Waals surface area contributed by atoms with E-state index in [1.807, 2.05) is 128 Å². The molecule has 12 heterocycles. The van der Waals surface area contributed by atoms with E-state index >= 15 is 0 Å². The van der Waals surface area contributed by atoms with Gasteiger partial charge in [-0.3, -0.25) is 4.98 Å². The molecule has 0 amide bonds. The van der Waals surface area contributed by atoms with Crippen LogP contribution in [0.1, 0.15) is 58.2 Å². The molecule has 0 radical (unpaired) electrons. The van der Waals surface area contributed by atoms with Crippen molar-refractivity contribution in [2.75, 3.05) is 35.7 Å². The molecule has 11 aromatic heterocycles. The number of rotatable bonds is 12. The minimum absolute atomic E-state index is 0.429. The highest BCUT2D eigenvalue weighted by Crippen LogP contribution is 2.31. The molecule has 472 valence electrons. The number of H-pyrrole nitrogens is 5. The van der Waals surface area contributed by atoms with Crippen molar-refractivity contribution in [1.82, 2.24) is 54.8 Å². The smallest absolute Gasteiger partial charge is 0.416 e. The molecule has 4 aromatic carbocycles. The maximum atomic E-state index is 13.1. The Hall–Kier alpha value is -11.7. The minimum atomic E-state index is -4.31. The van der Waals surface area contributed by atoms with E-state index in [1.54, 1.807) is 44.2 Å². The maximum absolute atomic E-state index is 13.1. The predicted molar refractivity (Wildman–Crippen MR) is 363 cm³/mol. The number of nitrogens with zero attached hydrogens (tertiary/aromatic N) is 7. The number of fused-ring (bicyclic) bond motifs is 5. The Morgan fingerprint density at radius 3 is 1.51 bits per heavy atom. The number of alkyl halides is 3. The molecule has 1 aliphatic heterocycles. The van der Waals surface area contributed by atoms with Gasteiger partial charge in [0, 0.05) is 108 Å². The summed E-state index contributed by atoms with van der Waals surface area (Å²) in [5, 5.41) is 11.8. The number of halogens is 5. The summed E-state index contributed by atoms with van der Waals surface area (Å²) in [6.45, 7) is 2.40. The van der Waals surface area contributed by atoms with Crippen molar-refractivity contribution < 1.29 is 26.7 Å². The van der Waals surface area contributed by atoms with Crippen LogP contribution in [0, 0.1) is 11.6 Å². The van der Waals surface area contributed by atoms with Gasteiger partial charge in [0.05, 0.1) is 30.2 Å². The van der Waals surface area contributed by atoms with Gasteiger partial charge in [0.25, 0.3) is 0 Å². The van der Waals surface area contributed by atoms with Crippen LogP contribution in [0.4, 0.5) is 50.6 Å². The summed E-state index contributed by atoms with van der Waals surface area (Å²) in [6.07, 6.45) is 19.7. The molecule has 15 aromatic rings. The molecule has 0 aliphatic carbocycles. The molecular weight excluding hydrogens is 1200 g/mol. The summed E-state index contributed by atoms with van der Waals surface area (Å²) in [6, 6.07) is 53.5. The molecular formula is C74H65F5N14O. The van der Waals surface area contributed by atoms with Crippen LogP contribution in [-0.2, 0) is 25.4 Å². The van der Waals surface area contributed by atoms with Gasteiger partial charge in [-0.15, -0.1) is 0 Å². The van der Waals surface area contributed by atoms with Gasteiger partial charge in [0.2, 0.25) is 0 Å². The maximum Gasteiger partial charge on any atom is 0.416 e. The molecule has 7 N–H and O–H groups in total. The molecule has 0 unspecified atom stereocenters. The Bertz CT molecular complexity index is 4900. The Morgan fingerprint density at radius 1 is 0.447 bits per heavy atom. The molecule has 20 heteroatoms. The van der Waals surface area contributed by atoms with Crippen LogP contribution in [-0.4, -0.2) is 75.0 Å². The molecule has 16 rings (SSSR count). The number of piperidine rings is 1. The first-order chi connectivity index (χ1) is 45.9. The molecule has 15 nitrogen and oxygen atoms in total. The second-order valence-electron chi connectivity index (χ2n) is 22.4. The average molecular weight is 1260 g/mol. The number of ether oxygens (including phenoxy) is 1. The first kappa shape index (κ1) is 62.5. The molecule has 94 heavy (non-hydrogen) atoms. The van der Waals surface area contributed by atoms with Gasteiger partial charge in [0.15, 0.2) is 0 Å². The lowest BCUT2D eigenvalue weighted by atomic mass is 10.0. The highest BCUT2D eigenvalue weighted by molar-refractivity contribution is 5.80. The molecule has 1 saturated heterocycles. The number of aromatic nitrogens is 11. The zero-order chi connectivity index (χ0) is 64.6. The minimum Gasteiger partial charge on any atom is -0.495 e. The van der Waals surface area contributed by atoms with Gasteiger partial charge in [-0.1, -0.05) is 42.5 Å². The van der Waals surface area contributed by atoms with Gasteiger partial charge in [0.1, 0.15) is 57.3 Å². The zero-order valence-electron chi connectivity index (χ0n) is 51.1. The van der Waals surface area contributed by atoms with Crippen molar-refractivity contribution >= 4 is 83.9 Å². The third-order valence-corrected chi connectivity index (χ3v) is 15.6. The molecule has 0 atom stereocenters. The fourth-order valence-electron chi connectivity index (χ4n) is 11.0. The molecule has 0 spiro atoms. The van der Waals surface area contributed by atoms with Crippen molar-refractivity contribution in [3.05, 3.63) is 288 Å². The number of benzene rings is 4. The molecule has 1 aliphatic rings. The normalized spacial score (nSPS) is 12.0. The fourth-order valence-corrected chi connectivity index (χ4v) is 11.0. The van der Waals surface area contributed by atoms with E-state index in [-0.39, 0.29) is 0 Å². The topological polar surface area (TPSA) is 193 Å². The van der Waals surface area contributed by atoms with Crippen LogP contribution in [0.15, 0.2) is 238 Å². The van der Waals surface area contributed by atoms with Crippen molar-refractivity contribution in [2.45, 2.75) is 44.7 Å². The van der Waals surface area contributed by atoms with Crippen LogP contribution < -0.4 is 20.3 Å². The second kappa shape index (κ2) is 29.5. The standard InChI is InChI=1S/C19H21N3.C15H11F3N2.C14H10F2N2.C14H13N3O.C12H10N4/c1-2-10-22(11-3-1)18-6-4-15(5-7-18)12-16-13-17-8-9-20-19(17)21-14-16;16-15(17,18)13-3-1-2-10(8-13)6-11-7-12-4-5-19-14(12)20-9-11;15-12-5-9(6-13(16)7-12)3-10-4-11-1-2-17-14(11)18-8-10;1-18-12-5-3-2-4-11(12)16-13-7-6-10-8-9-15-14(10)17-13;1-2-10(8-13-6-1)15-11-4-3-9-5-7-14-12(9)16-11/h4-9,13-14H,1-3,10-12H2,(H,20,21);1-5,7-9H,6H2,(H,19,20);1-2,4-8H,3H2,(H,17,18);2-9H,1H3,(H2,15,16,17);1-8H,(H2,14,15,16). The molecule has 0 saturated carbocycles. The van der Waals surface area contributed by atoms with Crippen molar-refractivity contribution in [3.8, 4) is 5.75 Å². The SMILES string of the molecule is COc1ccccc1Nc1ccc2cc[nH]c2n1.FC(F)(F)c1cccc(Cc2cnc3[nH]ccc3c2)c1.Fc1cc(F)cc(Cc2cnc3[nH]ccc3c2)c1.c1cc2cc(Cc3ccc(N4CCCCC4)cc3)cnc2[nH]1.c1cncc(Nc2ccc3cc[nH]c3n2)c1. The quantitative estimate of drug-likeness (QED) is 0.0579. The summed E-state index contributed by atoms with van der Waals surface area (Å²) < 4.78 is 69.4. The molecule has 0 bridgehead atoms. The number of para-hydroxylation sites is 2. The monoisotopic (exact) mass is 1260 g/mol. The van der Waals surface area contributed by atoms with E-state index in [2.05, 4.69) is 107 Å². The van der Waals surface area contributed by atoms with Crippen LogP contribution in [0.2, 0.25) is 0 Å². The Kier molecular flexibility index (Phi) is 19.6. The van der Waals surface area contributed by atoms with Gasteiger partial charge in [-0.05, 0) is 199 Å². The Labute approximate surface area is 537 Å². The largest absolute Gasteiger partial charge is 0.495 e. The lowest BCUT2D eigenvalue weighted by molar-refractivity contribution is -0.137. The van der Waals surface area contributed by atoms with E-state index in [1.165, 1.54) is 78.8 Å². The summed E-state index contributed by atoms with van der Waals surface area (Å²) in [5.74, 6) is 1.28. The van der Waals surface area contributed by atoms with E-state index in [9.17, 15) is 22.0 Å². The van der Waals surface area contributed by atoms with Gasteiger partial charge in [-0.2, -0.15) is 13.2 Å². The van der Waals surface area contributed by atoms with Gasteiger partial charge in [-0.25, -0.2) is 33.7 Å².